The van der Waals surface area contributed by atoms with Crippen molar-refractivity contribution >= 4 is 5.91 Å². The van der Waals surface area contributed by atoms with Crippen molar-refractivity contribution in [3.8, 4) is 5.69 Å². The topological polar surface area (TPSA) is 80.0 Å². The number of aliphatic hydroxyl groups excluding tert-OH is 1. The smallest absolute Gasteiger partial charge is 0.273 e. The first-order chi connectivity index (χ1) is 11.7. The maximum Gasteiger partial charge on any atom is 0.273 e. The summed E-state index contributed by atoms with van der Waals surface area (Å²) >= 11 is 0. The number of aliphatic hydroxyl groups is 1. The van der Waals surface area contributed by atoms with E-state index in [2.05, 4.69) is 15.6 Å². The number of nitrogens with zero attached hydrogens (tertiary/aromatic N) is 3. The van der Waals surface area contributed by atoms with Gasteiger partial charge in [-0.1, -0.05) is 29.5 Å². The molecular weight excluding hydrogens is 311 g/mol. The molecule has 6 nitrogen and oxygen atoms in total. The highest BCUT2D eigenvalue weighted by atomic mass is 19.1. The maximum absolute atomic E-state index is 13.3. The summed E-state index contributed by atoms with van der Waals surface area (Å²) in [6.07, 6.45) is 1.54. The molecule has 2 N–H and O–H groups in total. The normalized spacial score (nSPS) is 10.6. The third-order valence-corrected chi connectivity index (χ3v) is 3.48. The van der Waals surface area contributed by atoms with E-state index >= 15 is 0 Å². The van der Waals surface area contributed by atoms with Crippen molar-refractivity contribution in [2.45, 2.75) is 13.2 Å². The number of halogens is 1. The zero-order chi connectivity index (χ0) is 16.9. The Morgan fingerprint density at radius 3 is 2.75 bits per heavy atom. The van der Waals surface area contributed by atoms with Gasteiger partial charge in [0.25, 0.3) is 5.91 Å². The standard InChI is InChI=1S/C17H15FN4O2/c18-15-7-6-12(8-13(15)11-23)9-19-17(24)16-10-22(21-20-16)14-4-2-1-3-5-14/h1-8,10,23H,9,11H2,(H,19,24). The molecular formula is C17H15FN4O2. The maximum atomic E-state index is 13.3. The largest absolute Gasteiger partial charge is 0.392 e. The number of hydrogen-bond donors (Lipinski definition) is 2. The van der Waals surface area contributed by atoms with Crippen molar-refractivity contribution in [2.24, 2.45) is 0 Å². The van der Waals surface area contributed by atoms with Gasteiger partial charge in [0.05, 0.1) is 18.5 Å². The molecule has 0 bridgehead atoms. The van der Waals surface area contributed by atoms with E-state index < -0.39 is 5.82 Å². The van der Waals surface area contributed by atoms with E-state index in [4.69, 9.17) is 5.11 Å². The summed E-state index contributed by atoms with van der Waals surface area (Å²) in [4.78, 5) is 12.1. The minimum atomic E-state index is -0.474. The van der Waals surface area contributed by atoms with Crippen LogP contribution in [0.5, 0.6) is 0 Å². The molecule has 0 atom stereocenters. The number of nitrogens with one attached hydrogen (secondary N) is 1. The molecule has 0 saturated heterocycles. The lowest BCUT2D eigenvalue weighted by Gasteiger charge is -2.06. The molecule has 1 heterocycles. The lowest BCUT2D eigenvalue weighted by Crippen LogP contribution is -2.23. The van der Waals surface area contributed by atoms with Gasteiger partial charge in [-0.05, 0) is 29.8 Å². The zero-order valence-corrected chi connectivity index (χ0v) is 12.7. The lowest BCUT2D eigenvalue weighted by molar-refractivity contribution is 0.0946. The quantitative estimate of drug-likeness (QED) is 0.749. The Kier molecular flexibility index (Phi) is 4.62. The number of para-hydroxylation sites is 1. The fourth-order valence-electron chi connectivity index (χ4n) is 2.21. The van der Waals surface area contributed by atoms with E-state index in [9.17, 15) is 9.18 Å². The van der Waals surface area contributed by atoms with Crippen molar-refractivity contribution in [1.29, 1.82) is 0 Å². The Hall–Kier alpha value is -3.06. The van der Waals surface area contributed by atoms with Gasteiger partial charge >= 0.3 is 0 Å². The zero-order valence-electron chi connectivity index (χ0n) is 12.7. The first kappa shape index (κ1) is 15.8. The fraction of sp³-hybridized carbons (Fsp3) is 0.118. The van der Waals surface area contributed by atoms with Crippen LogP contribution in [0.25, 0.3) is 5.69 Å². The van der Waals surface area contributed by atoms with Crippen LogP contribution in [0.2, 0.25) is 0 Å². The summed E-state index contributed by atoms with van der Waals surface area (Å²) in [5.41, 5.74) is 1.86. The number of amides is 1. The Bertz CT molecular complexity index is 849. The van der Waals surface area contributed by atoms with Crippen LogP contribution in [0.1, 0.15) is 21.6 Å². The van der Waals surface area contributed by atoms with Gasteiger partial charge in [-0.2, -0.15) is 0 Å². The minimum Gasteiger partial charge on any atom is -0.392 e. The van der Waals surface area contributed by atoms with E-state index in [1.807, 2.05) is 30.3 Å². The van der Waals surface area contributed by atoms with Crippen LogP contribution in [0, 0.1) is 5.82 Å². The average molecular weight is 326 g/mol. The molecule has 3 aromatic rings. The minimum absolute atomic E-state index is 0.184. The molecule has 2 aromatic carbocycles. The van der Waals surface area contributed by atoms with Crippen molar-refractivity contribution in [3.63, 3.8) is 0 Å². The third-order valence-electron chi connectivity index (χ3n) is 3.48. The SMILES string of the molecule is O=C(NCc1ccc(F)c(CO)c1)c1cn(-c2ccccc2)nn1. The van der Waals surface area contributed by atoms with Crippen molar-refractivity contribution < 1.29 is 14.3 Å². The van der Waals surface area contributed by atoms with Crippen LogP contribution in [0.4, 0.5) is 4.39 Å². The van der Waals surface area contributed by atoms with E-state index in [0.29, 0.717) is 5.56 Å². The van der Waals surface area contributed by atoms with Crippen LogP contribution in [0.3, 0.4) is 0 Å². The Morgan fingerprint density at radius 1 is 1.21 bits per heavy atom. The average Bonchev–Trinajstić information content (AvgIpc) is 3.12. The van der Waals surface area contributed by atoms with Crippen LogP contribution < -0.4 is 5.32 Å². The summed E-state index contributed by atoms with van der Waals surface area (Å²) in [6.45, 7) is -0.191. The third kappa shape index (κ3) is 3.47. The summed E-state index contributed by atoms with van der Waals surface area (Å²) in [7, 11) is 0. The number of benzene rings is 2. The van der Waals surface area contributed by atoms with Gasteiger partial charge < -0.3 is 10.4 Å². The molecule has 0 aliphatic carbocycles. The second-order valence-corrected chi connectivity index (χ2v) is 5.15. The molecule has 0 radical (unpaired) electrons. The van der Waals surface area contributed by atoms with Gasteiger partial charge in [0, 0.05) is 12.1 Å². The number of carbonyl (C=O) groups is 1. The molecule has 1 aromatic heterocycles. The molecule has 122 valence electrons. The van der Waals surface area contributed by atoms with Gasteiger partial charge in [-0.25, -0.2) is 9.07 Å². The molecule has 24 heavy (non-hydrogen) atoms. The van der Waals surface area contributed by atoms with E-state index in [-0.39, 0.29) is 30.3 Å². The second-order valence-electron chi connectivity index (χ2n) is 5.15. The molecule has 0 saturated carbocycles. The van der Waals surface area contributed by atoms with Crippen molar-refractivity contribution in [1.82, 2.24) is 20.3 Å². The van der Waals surface area contributed by atoms with Gasteiger partial charge in [-0.15, -0.1) is 5.10 Å². The number of carbonyl (C=O) groups excluding carboxylic acids is 1. The Labute approximate surface area is 137 Å². The summed E-state index contributed by atoms with van der Waals surface area (Å²) in [6, 6.07) is 13.6. The number of rotatable bonds is 5. The Balaban J connectivity index is 1.67. The molecule has 0 aliphatic rings. The van der Waals surface area contributed by atoms with E-state index in [1.165, 1.54) is 23.0 Å². The summed E-state index contributed by atoms with van der Waals surface area (Å²) in [5.74, 6) is -0.856. The highest BCUT2D eigenvalue weighted by Crippen LogP contribution is 2.11. The Morgan fingerprint density at radius 2 is 2.00 bits per heavy atom. The summed E-state index contributed by atoms with van der Waals surface area (Å²) in [5, 5.41) is 19.5. The molecule has 7 heteroatoms. The number of hydrogen-bond acceptors (Lipinski definition) is 4. The van der Waals surface area contributed by atoms with Crippen molar-refractivity contribution in [3.05, 3.63) is 77.4 Å². The van der Waals surface area contributed by atoms with E-state index in [0.717, 1.165) is 5.69 Å². The molecule has 0 unspecified atom stereocenters. The van der Waals surface area contributed by atoms with Gasteiger partial charge in [0.15, 0.2) is 5.69 Å². The molecule has 0 spiro atoms. The highest BCUT2D eigenvalue weighted by Gasteiger charge is 2.11. The summed E-state index contributed by atoms with van der Waals surface area (Å²) < 4.78 is 14.8. The van der Waals surface area contributed by atoms with Crippen LogP contribution in [-0.4, -0.2) is 26.0 Å². The first-order valence-electron chi connectivity index (χ1n) is 7.31. The predicted octanol–water partition coefficient (Wildman–Crippen LogP) is 1.83. The monoisotopic (exact) mass is 326 g/mol. The molecule has 0 aliphatic heterocycles. The van der Waals surface area contributed by atoms with Crippen LogP contribution in [0.15, 0.2) is 54.7 Å². The van der Waals surface area contributed by atoms with Crippen LogP contribution >= 0.6 is 0 Å². The second kappa shape index (κ2) is 7.01. The fourth-order valence-corrected chi connectivity index (χ4v) is 2.21. The molecule has 1 amide bonds. The highest BCUT2D eigenvalue weighted by molar-refractivity contribution is 5.91. The first-order valence-corrected chi connectivity index (χ1v) is 7.31. The van der Waals surface area contributed by atoms with Crippen LogP contribution in [-0.2, 0) is 13.2 Å². The number of aromatic nitrogens is 3. The molecule has 0 fully saturated rings. The lowest BCUT2D eigenvalue weighted by atomic mass is 10.1. The predicted molar refractivity (Wildman–Crippen MR) is 84.9 cm³/mol. The van der Waals surface area contributed by atoms with E-state index in [1.54, 1.807) is 6.07 Å². The van der Waals surface area contributed by atoms with Gasteiger partial charge in [0.1, 0.15) is 5.82 Å². The van der Waals surface area contributed by atoms with Gasteiger partial charge in [0.2, 0.25) is 0 Å². The van der Waals surface area contributed by atoms with Crippen molar-refractivity contribution in [2.75, 3.05) is 0 Å². The van der Waals surface area contributed by atoms with Gasteiger partial charge in [-0.3, -0.25) is 4.79 Å². The molecule has 3 rings (SSSR count).